The highest BCUT2D eigenvalue weighted by molar-refractivity contribution is 7.18. The normalized spacial score (nSPS) is 10.7. The molecule has 0 fully saturated rings. The van der Waals surface area contributed by atoms with Gasteiger partial charge in [-0.1, -0.05) is 24.6 Å². The lowest BCUT2D eigenvalue weighted by atomic mass is 10.1. The second-order valence-electron chi connectivity index (χ2n) is 4.32. The first kappa shape index (κ1) is 15.8. The van der Waals surface area contributed by atoms with Crippen LogP contribution in [0.2, 0.25) is 5.02 Å². The second kappa shape index (κ2) is 6.45. The molecular weight excluding hydrogens is 313 g/mol. The third-order valence-corrected chi connectivity index (χ3v) is 4.61. The summed E-state index contributed by atoms with van der Waals surface area (Å²) in [5, 5.41) is 0.293. The molecule has 0 atom stereocenters. The Morgan fingerprint density at radius 2 is 2.14 bits per heavy atom. The summed E-state index contributed by atoms with van der Waals surface area (Å²) in [4.78, 5) is 12.8. The molecule has 2 N–H and O–H groups in total. The summed E-state index contributed by atoms with van der Waals surface area (Å²) in [6, 6.07) is 4.48. The maximum Gasteiger partial charge on any atom is 0.350 e. The van der Waals surface area contributed by atoms with Gasteiger partial charge in [0.15, 0.2) is 0 Å². The van der Waals surface area contributed by atoms with Gasteiger partial charge < -0.3 is 10.5 Å². The first-order valence-corrected chi connectivity index (χ1v) is 7.73. The Morgan fingerprint density at radius 1 is 1.43 bits per heavy atom. The molecule has 1 aromatic heterocycles. The van der Waals surface area contributed by atoms with Crippen LogP contribution in [0.3, 0.4) is 0 Å². The Bertz CT molecular complexity index is 664. The molecule has 2 aromatic rings. The lowest BCUT2D eigenvalue weighted by Crippen LogP contribution is -2.05. The smallest absolute Gasteiger partial charge is 0.350 e. The molecule has 0 aliphatic heterocycles. The third kappa shape index (κ3) is 2.89. The van der Waals surface area contributed by atoms with E-state index in [0.29, 0.717) is 26.9 Å². The number of carbonyl (C=O) groups excluding carboxylic acids is 1. The molecule has 0 saturated heterocycles. The quantitative estimate of drug-likeness (QED) is 0.839. The minimum atomic E-state index is -0.492. The average Bonchev–Trinajstić information content (AvgIpc) is 2.76. The number of thiophene rings is 1. The number of esters is 1. The lowest BCUT2D eigenvalue weighted by molar-refractivity contribution is 0.0533. The van der Waals surface area contributed by atoms with Gasteiger partial charge in [-0.05, 0) is 31.0 Å². The number of hydrogen-bond donors (Lipinski definition) is 1. The lowest BCUT2D eigenvalue weighted by Gasteiger charge is -2.06. The van der Waals surface area contributed by atoms with Gasteiger partial charge in [-0.3, -0.25) is 0 Å². The van der Waals surface area contributed by atoms with Crippen LogP contribution in [-0.4, -0.2) is 12.6 Å². The van der Waals surface area contributed by atoms with E-state index in [4.69, 9.17) is 22.1 Å². The van der Waals surface area contributed by atoms with Gasteiger partial charge in [-0.15, -0.1) is 11.3 Å². The highest BCUT2D eigenvalue weighted by Gasteiger charge is 2.24. The van der Waals surface area contributed by atoms with Gasteiger partial charge in [-0.25, -0.2) is 9.18 Å². The molecule has 0 amide bonds. The summed E-state index contributed by atoms with van der Waals surface area (Å²) in [5.74, 6) is -0.928. The molecule has 1 heterocycles. The fourth-order valence-corrected chi connectivity index (χ4v) is 3.67. The van der Waals surface area contributed by atoms with Crippen molar-refractivity contribution in [1.29, 1.82) is 0 Å². The van der Waals surface area contributed by atoms with Crippen LogP contribution in [-0.2, 0) is 11.2 Å². The number of carbonyl (C=O) groups is 1. The molecule has 0 unspecified atom stereocenters. The minimum absolute atomic E-state index is 0.257. The number of ether oxygens (including phenoxy) is 1. The van der Waals surface area contributed by atoms with Crippen LogP contribution in [0.1, 0.15) is 29.1 Å². The Hall–Kier alpha value is -1.59. The SMILES string of the molecule is CCOC(=O)c1sc(-c2c(F)cccc2Cl)c(CC)c1N. The molecule has 112 valence electrons. The van der Waals surface area contributed by atoms with E-state index in [9.17, 15) is 9.18 Å². The minimum Gasteiger partial charge on any atom is -0.462 e. The van der Waals surface area contributed by atoms with Crippen molar-refractivity contribution in [2.24, 2.45) is 0 Å². The number of halogens is 2. The molecule has 0 spiro atoms. The van der Waals surface area contributed by atoms with Crippen LogP contribution in [0.4, 0.5) is 10.1 Å². The average molecular weight is 328 g/mol. The summed E-state index contributed by atoms with van der Waals surface area (Å²) in [6.07, 6.45) is 0.571. The number of benzene rings is 1. The third-order valence-electron chi connectivity index (χ3n) is 3.05. The van der Waals surface area contributed by atoms with Gasteiger partial charge in [0.2, 0.25) is 0 Å². The maximum absolute atomic E-state index is 14.1. The predicted octanol–water partition coefficient (Wildman–Crippen LogP) is 4.53. The molecular formula is C15H15ClFNO2S. The van der Waals surface area contributed by atoms with E-state index in [2.05, 4.69) is 0 Å². The van der Waals surface area contributed by atoms with Crippen molar-refractivity contribution in [2.45, 2.75) is 20.3 Å². The van der Waals surface area contributed by atoms with E-state index < -0.39 is 11.8 Å². The first-order chi connectivity index (χ1) is 10.0. The van der Waals surface area contributed by atoms with E-state index in [0.717, 1.165) is 16.9 Å². The molecule has 3 nitrogen and oxygen atoms in total. The fraction of sp³-hybridized carbons (Fsp3) is 0.267. The largest absolute Gasteiger partial charge is 0.462 e. The summed E-state index contributed by atoms with van der Waals surface area (Å²) < 4.78 is 19.1. The predicted molar refractivity (Wildman–Crippen MR) is 84.5 cm³/mol. The molecule has 0 aliphatic rings. The van der Waals surface area contributed by atoms with Gasteiger partial charge in [0.25, 0.3) is 0 Å². The van der Waals surface area contributed by atoms with Crippen LogP contribution < -0.4 is 5.73 Å². The Morgan fingerprint density at radius 3 is 2.71 bits per heavy atom. The van der Waals surface area contributed by atoms with Gasteiger partial charge in [0.05, 0.1) is 17.3 Å². The molecule has 1 aromatic carbocycles. The van der Waals surface area contributed by atoms with E-state index in [1.165, 1.54) is 12.1 Å². The van der Waals surface area contributed by atoms with Crippen molar-refractivity contribution in [3.63, 3.8) is 0 Å². The standard InChI is InChI=1S/C15H15ClFNO2S/c1-3-8-12(18)14(15(19)20-4-2)21-13(8)11-9(16)6-5-7-10(11)17/h5-7H,3-4,18H2,1-2H3. The van der Waals surface area contributed by atoms with E-state index in [1.807, 2.05) is 6.92 Å². The zero-order valence-electron chi connectivity index (χ0n) is 11.7. The number of anilines is 1. The van der Waals surface area contributed by atoms with Crippen molar-refractivity contribution >= 4 is 34.6 Å². The molecule has 0 bridgehead atoms. The Kier molecular flexibility index (Phi) is 4.85. The van der Waals surface area contributed by atoms with Crippen LogP contribution in [0.15, 0.2) is 18.2 Å². The highest BCUT2D eigenvalue weighted by Crippen LogP contribution is 2.43. The van der Waals surface area contributed by atoms with Crippen LogP contribution in [0.25, 0.3) is 10.4 Å². The Balaban J connectivity index is 2.64. The van der Waals surface area contributed by atoms with Crippen molar-refractivity contribution < 1.29 is 13.9 Å². The maximum atomic E-state index is 14.1. The van der Waals surface area contributed by atoms with Gasteiger partial charge in [-0.2, -0.15) is 0 Å². The number of rotatable bonds is 4. The first-order valence-electron chi connectivity index (χ1n) is 6.53. The highest BCUT2D eigenvalue weighted by atomic mass is 35.5. The van der Waals surface area contributed by atoms with Crippen LogP contribution >= 0.6 is 22.9 Å². The topological polar surface area (TPSA) is 52.3 Å². The molecule has 21 heavy (non-hydrogen) atoms. The summed E-state index contributed by atoms with van der Waals surface area (Å²) in [5.41, 5.74) is 7.37. The number of hydrogen-bond acceptors (Lipinski definition) is 4. The van der Waals surface area contributed by atoms with Crippen molar-refractivity contribution in [1.82, 2.24) is 0 Å². The summed E-state index contributed by atoms with van der Waals surface area (Å²) in [7, 11) is 0. The van der Waals surface area contributed by atoms with Crippen molar-refractivity contribution in [3.8, 4) is 10.4 Å². The van der Waals surface area contributed by atoms with Crippen molar-refractivity contribution in [2.75, 3.05) is 12.3 Å². The van der Waals surface area contributed by atoms with Gasteiger partial charge in [0.1, 0.15) is 10.7 Å². The fourth-order valence-electron chi connectivity index (χ4n) is 2.09. The van der Waals surface area contributed by atoms with Crippen LogP contribution in [0, 0.1) is 5.82 Å². The second-order valence-corrected chi connectivity index (χ2v) is 5.75. The molecule has 0 aliphatic carbocycles. The summed E-state index contributed by atoms with van der Waals surface area (Å²) in [6.45, 7) is 3.87. The van der Waals surface area contributed by atoms with Gasteiger partial charge >= 0.3 is 5.97 Å². The van der Waals surface area contributed by atoms with Crippen molar-refractivity contribution in [3.05, 3.63) is 39.5 Å². The van der Waals surface area contributed by atoms with E-state index in [1.54, 1.807) is 13.0 Å². The summed E-state index contributed by atoms with van der Waals surface area (Å²) >= 11 is 7.22. The van der Waals surface area contributed by atoms with Crippen LogP contribution in [0.5, 0.6) is 0 Å². The van der Waals surface area contributed by atoms with E-state index in [-0.39, 0.29) is 12.2 Å². The van der Waals surface area contributed by atoms with Gasteiger partial charge in [0, 0.05) is 10.4 Å². The molecule has 6 heteroatoms. The molecule has 0 radical (unpaired) electrons. The monoisotopic (exact) mass is 327 g/mol. The molecule has 2 rings (SSSR count). The Labute approximate surface area is 131 Å². The number of nitrogen functional groups attached to an aromatic ring is 1. The number of nitrogens with two attached hydrogens (primary N) is 1. The van der Waals surface area contributed by atoms with E-state index >= 15 is 0 Å². The zero-order chi connectivity index (χ0) is 15.6. The molecule has 0 saturated carbocycles. The zero-order valence-corrected chi connectivity index (χ0v) is 13.3.